The van der Waals surface area contributed by atoms with Gasteiger partial charge < -0.3 is 10.6 Å². The van der Waals surface area contributed by atoms with Gasteiger partial charge in [-0.05, 0) is 42.3 Å². The highest BCUT2D eigenvalue weighted by Gasteiger charge is 2.15. The van der Waals surface area contributed by atoms with E-state index in [0.29, 0.717) is 11.6 Å². The molecule has 0 saturated carbocycles. The number of nitrogens with zero attached hydrogens (tertiary/aromatic N) is 1. The molecule has 1 unspecified atom stereocenters. The van der Waals surface area contributed by atoms with E-state index in [1.54, 1.807) is 0 Å². The van der Waals surface area contributed by atoms with E-state index in [2.05, 4.69) is 17.9 Å². The maximum absolute atomic E-state index is 6.34. The van der Waals surface area contributed by atoms with Crippen LogP contribution in [0.3, 0.4) is 0 Å². The molecule has 20 heavy (non-hydrogen) atoms. The van der Waals surface area contributed by atoms with Gasteiger partial charge in [0, 0.05) is 18.6 Å². The van der Waals surface area contributed by atoms with Crippen LogP contribution in [-0.2, 0) is 6.54 Å². The molecule has 0 bridgehead atoms. The lowest BCUT2D eigenvalue weighted by Gasteiger charge is -2.28. The highest BCUT2D eigenvalue weighted by molar-refractivity contribution is 6.33. The molecule has 2 aromatic rings. The summed E-state index contributed by atoms with van der Waals surface area (Å²) >= 11 is 12.4. The van der Waals surface area contributed by atoms with Gasteiger partial charge in [0.2, 0.25) is 0 Å². The SMILES string of the molecule is CC(c1cccc(Cl)c1)N(C)c1ccc(CN)cc1Cl. The molecule has 2 rings (SSSR count). The fraction of sp³-hybridized carbons (Fsp3) is 0.250. The van der Waals surface area contributed by atoms with Crippen molar-refractivity contribution in [3.05, 3.63) is 63.6 Å². The van der Waals surface area contributed by atoms with Crippen molar-refractivity contribution in [2.45, 2.75) is 19.5 Å². The molecule has 0 fully saturated rings. The first-order chi connectivity index (χ1) is 9.52. The minimum Gasteiger partial charge on any atom is -0.367 e. The summed E-state index contributed by atoms with van der Waals surface area (Å²) in [6.45, 7) is 2.62. The zero-order chi connectivity index (χ0) is 14.7. The molecule has 0 amide bonds. The van der Waals surface area contributed by atoms with E-state index in [4.69, 9.17) is 28.9 Å². The summed E-state index contributed by atoms with van der Waals surface area (Å²) in [6.07, 6.45) is 0. The van der Waals surface area contributed by atoms with E-state index >= 15 is 0 Å². The second kappa shape index (κ2) is 6.49. The third kappa shape index (κ3) is 3.26. The summed E-state index contributed by atoms with van der Waals surface area (Å²) in [4.78, 5) is 2.13. The van der Waals surface area contributed by atoms with E-state index in [-0.39, 0.29) is 6.04 Å². The Kier molecular flexibility index (Phi) is 4.92. The van der Waals surface area contributed by atoms with Crippen LogP contribution >= 0.6 is 23.2 Å². The van der Waals surface area contributed by atoms with Gasteiger partial charge in [-0.25, -0.2) is 0 Å². The summed E-state index contributed by atoms with van der Waals surface area (Å²) < 4.78 is 0. The minimum absolute atomic E-state index is 0.176. The van der Waals surface area contributed by atoms with Gasteiger partial charge >= 0.3 is 0 Å². The van der Waals surface area contributed by atoms with Crippen LogP contribution in [0.4, 0.5) is 5.69 Å². The Morgan fingerprint density at radius 2 is 1.90 bits per heavy atom. The number of hydrogen-bond acceptors (Lipinski definition) is 2. The van der Waals surface area contributed by atoms with Crippen molar-refractivity contribution in [2.24, 2.45) is 5.73 Å². The van der Waals surface area contributed by atoms with E-state index in [1.165, 1.54) is 0 Å². The molecular formula is C16H18Cl2N2. The molecule has 0 aliphatic rings. The van der Waals surface area contributed by atoms with Crippen LogP contribution in [0.2, 0.25) is 10.0 Å². The summed E-state index contributed by atoms with van der Waals surface area (Å²) in [5.74, 6) is 0. The van der Waals surface area contributed by atoms with Crippen molar-refractivity contribution in [1.29, 1.82) is 0 Å². The van der Waals surface area contributed by atoms with Crippen molar-refractivity contribution in [2.75, 3.05) is 11.9 Å². The van der Waals surface area contributed by atoms with E-state index in [1.807, 2.05) is 43.4 Å². The van der Waals surface area contributed by atoms with Crippen LogP contribution in [0.1, 0.15) is 24.1 Å². The standard InChI is InChI=1S/C16H18Cl2N2/c1-11(13-4-3-5-14(17)9-13)20(2)16-7-6-12(10-19)8-15(16)18/h3-9,11H,10,19H2,1-2H3. The average Bonchev–Trinajstić information content (AvgIpc) is 2.45. The predicted octanol–water partition coefficient (Wildman–Crippen LogP) is 4.65. The fourth-order valence-corrected chi connectivity index (χ4v) is 2.70. The Hall–Kier alpha value is -1.22. The molecule has 2 N–H and O–H groups in total. The maximum atomic E-state index is 6.34. The molecule has 0 heterocycles. The van der Waals surface area contributed by atoms with Crippen LogP contribution in [0.15, 0.2) is 42.5 Å². The van der Waals surface area contributed by atoms with Gasteiger partial charge in [0.15, 0.2) is 0 Å². The number of benzene rings is 2. The number of hydrogen-bond donors (Lipinski definition) is 1. The Balaban J connectivity index is 2.28. The number of anilines is 1. The van der Waals surface area contributed by atoms with E-state index < -0.39 is 0 Å². The van der Waals surface area contributed by atoms with Crippen molar-refractivity contribution in [3.8, 4) is 0 Å². The minimum atomic E-state index is 0.176. The van der Waals surface area contributed by atoms with Gasteiger partial charge in [0.25, 0.3) is 0 Å². The largest absolute Gasteiger partial charge is 0.367 e. The smallest absolute Gasteiger partial charge is 0.0642 e. The van der Waals surface area contributed by atoms with Crippen molar-refractivity contribution in [1.82, 2.24) is 0 Å². The van der Waals surface area contributed by atoms with Gasteiger partial charge in [0.1, 0.15) is 0 Å². The van der Waals surface area contributed by atoms with E-state index in [0.717, 1.165) is 21.8 Å². The molecule has 0 aliphatic carbocycles. The summed E-state index contributed by atoms with van der Waals surface area (Å²) in [5, 5.41) is 1.46. The zero-order valence-electron chi connectivity index (χ0n) is 11.6. The molecule has 106 valence electrons. The predicted molar refractivity (Wildman–Crippen MR) is 87.6 cm³/mol. The molecule has 4 heteroatoms. The second-order valence-electron chi connectivity index (χ2n) is 4.83. The Morgan fingerprint density at radius 3 is 2.50 bits per heavy atom. The monoisotopic (exact) mass is 308 g/mol. The van der Waals surface area contributed by atoms with Crippen molar-refractivity contribution < 1.29 is 0 Å². The second-order valence-corrected chi connectivity index (χ2v) is 5.68. The van der Waals surface area contributed by atoms with Crippen LogP contribution in [0.5, 0.6) is 0 Å². The molecule has 2 nitrogen and oxygen atoms in total. The normalized spacial score (nSPS) is 12.2. The third-order valence-electron chi connectivity index (χ3n) is 3.54. The van der Waals surface area contributed by atoms with Gasteiger partial charge in [-0.3, -0.25) is 0 Å². The first kappa shape index (κ1) is 15.2. The fourth-order valence-electron chi connectivity index (χ4n) is 2.16. The lowest BCUT2D eigenvalue weighted by molar-refractivity contribution is 0.740. The summed E-state index contributed by atoms with van der Waals surface area (Å²) in [6, 6.07) is 14.0. The first-order valence-electron chi connectivity index (χ1n) is 6.49. The molecule has 2 aromatic carbocycles. The number of rotatable bonds is 4. The van der Waals surface area contributed by atoms with Gasteiger partial charge in [-0.2, -0.15) is 0 Å². The Labute approximate surface area is 130 Å². The molecule has 0 aliphatic heterocycles. The summed E-state index contributed by atoms with van der Waals surface area (Å²) in [5.41, 5.74) is 8.79. The lowest BCUT2D eigenvalue weighted by Crippen LogP contribution is -2.22. The number of halogens is 2. The van der Waals surface area contributed by atoms with Crippen molar-refractivity contribution in [3.63, 3.8) is 0 Å². The van der Waals surface area contributed by atoms with Crippen LogP contribution in [0.25, 0.3) is 0 Å². The Morgan fingerprint density at radius 1 is 1.15 bits per heavy atom. The maximum Gasteiger partial charge on any atom is 0.0642 e. The molecular weight excluding hydrogens is 291 g/mol. The topological polar surface area (TPSA) is 29.3 Å². The van der Waals surface area contributed by atoms with Crippen LogP contribution in [-0.4, -0.2) is 7.05 Å². The highest BCUT2D eigenvalue weighted by atomic mass is 35.5. The molecule has 1 atom stereocenters. The summed E-state index contributed by atoms with van der Waals surface area (Å²) in [7, 11) is 2.02. The zero-order valence-corrected chi connectivity index (χ0v) is 13.1. The molecule has 0 aromatic heterocycles. The van der Waals surface area contributed by atoms with Gasteiger partial charge in [-0.1, -0.05) is 41.4 Å². The quantitative estimate of drug-likeness (QED) is 0.891. The molecule has 0 radical (unpaired) electrons. The van der Waals surface area contributed by atoms with E-state index in [9.17, 15) is 0 Å². The Bertz CT molecular complexity index is 599. The van der Waals surface area contributed by atoms with Crippen LogP contribution < -0.4 is 10.6 Å². The first-order valence-corrected chi connectivity index (χ1v) is 7.25. The molecule has 0 spiro atoms. The highest BCUT2D eigenvalue weighted by Crippen LogP contribution is 2.32. The lowest BCUT2D eigenvalue weighted by atomic mass is 10.1. The molecule has 0 saturated heterocycles. The van der Waals surface area contributed by atoms with Crippen LogP contribution in [0, 0.1) is 0 Å². The number of nitrogens with two attached hydrogens (primary N) is 1. The van der Waals surface area contributed by atoms with Crippen molar-refractivity contribution >= 4 is 28.9 Å². The van der Waals surface area contributed by atoms with Gasteiger partial charge in [0.05, 0.1) is 16.8 Å². The van der Waals surface area contributed by atoms with Gasteiger partial charge in [-0.15, -0.1) is 0 Å². The average molecular weight is 309 g/mol. The third-order valence-corrected chi connectivity index (χ3v) is 4.08.